The number of hydrogen-bond donors (Lipinski definition) is 0. The number of carbonyl (C=O) groups is 1. The molecular formula is C24H31NO2. The first-order chi connectivity index (χ1) is 13.0. The Morgan fingerprint density at radius 1 is 1.15 bits per heavy atom. The van der Waals surface area contributed by atoms with E-state index in [0.29, 0.717) is 12.5 Å². The fraction of sp³-hybridized carbons (Fsp3) is 0.375. The van der Waals surface area contributed by atoms with Gasteiger partial charge < -0.3 is 9.64 Å². The molecular weight excluding hydrogens is 334 g/mol. The van der Waals surface area contributed by atoms with Crippen LogP contribution in [0.3, 0.4) is 0 Å². The molecule has 0 aliphatic heterocycles. The fourth-order valence-corrected chi connectivity index (χ4v) is 2.88. The third kappa shape index (κ3) is 6.59. The summed E-state index contributed by atoms with van der Waals surface area (Å²) in [5.74, 6) is 0.150. The van der Waals surface area contributed by atoms with Gasteiger partial charge in [-0.15, -0.1) is 0 Å². The first kappa shape index (κ1) is 20.8. The lowest BCUT2D eigenvalue weighted by Gasteiger charge is -2.23. The average Bonchev–Trinajstić information content (AvgIpc) is 2.67. The van der Waals surface area contributed by atoms with Gasteiger partial charge >= 0.3 is 5.97 Å². The molecule has 2 aromatic carbocycles. The highest BCUT2D eigenvalue weighted by molar-refractivity contribution is 5.88. The Morgan fingerprint density at radius 3 is 2.56 bits per heavy atom. The van der Waals surface area contributed by atoms with Crippen molar-refractivity contribution < 1.29 is 9.53 Å². The third-order valence-corrected chi connectivity index (χ3v) is 4.53. The monoisotopic (exact) mass is 365 g/mol. The molecule has 0 aromatic heterocycles. The SMILES string of the molecule is CCCCOC(=O)/C=C/c1cc(C(C)C)ccc1N(C)Cc1ccccc1. The number of benzene rings is 2. The highest BCUT2D eigenvalue weighted by atomic mass is 16.5. The van der Waals surface area contributed by atoms with E-state index < -0.39 is 0 Å². The third-order valence-electron chi connectivity index (χ3n) is 4.53. The number of ether oxygens (including phenoxy) is 1. The molecule has 2 rings (SSSR count). The predicted octanol–water partition coefficient (Wildman–Crippen LogP) is 5.80. The van der Waals surface area contributed by atoms with Crippen LogP contribution in [0.25, 0.3) is 6.08 Å². The van der Waals surface area contributed by atoms with Crippen molar-refractivity contribution >= 4 is 17.7 Å². The first-order valence-corrected chi connectivity index (χ1v) is 9.75. The predicted molar refractivity (Wildman–Crippen MR) is 114 cm³/mol. The van der Waals surface area contributed by atoms with Crippen molar-refractivity contribution in [3.05, 3.63) is 71.3 Å². The van der Waals surface area contributed by atoms with Gasteiger partial charge in [0, 0.05) is 25.4 Å². The van der Waals surface area contributed by atoms with Gasteiger partial charge in [-0.05, 0) is 47.2 Å². The summed E-state index contributed by atoms with van der Waals surface area (Å²) in [6.07, 6.45) is 5.32. The van der Waals surface area contributed by atoms with Crippen molar-refractivity contribution in [3.63, 3.8) is 0 Å². The van der Waals surface area contributed by atoms with Gasteiger partial charge in [0.2, 0.25) is 0 Å². The van der Waals surface area contributed by atoms with E-state index in [0.717, 1.165) is 30.6 Å². The zero-order valence-corrected chi connectivity index (χ0v) is 16.9. The molecule has 0 fully saturated rings. The van der Waals surface area contributed by atoms with Crippen LogP contribution < -0.4 is 4.90 Å². The summed E-state index contributed by atoms with van der Waals surface area (Å²) in [5.41, 5.74) is 4.64. The molecule has 27 heavy (non-hydrogen) atoms. The van der Waals surface area contributed by atoms with Crippen molar-refractivity contribution in [2.75, 3.05) is 18.6 Å². The maximum Gasteiger partial charge on any atom is 0.330 e. The summed E-state index contributed by atoms with van der Waals surface area (Å²) < 4.78 is 5.24. The molecule has 0 unspecified atom stereocenters. The summed E-state index contributed by atoms with van der Waals surface area (Å²) in [5, 5.41) is 0. The second-order valence-electron chi connectivity index (χ2n) is 7.17. The van der Waals surface area contributed by atoms with Crippen LogP contribution in [-0.4, -0.2) is 19.6 Å². The van der Waals surface area contributed by atoms with Crippen LogP contribution in [-0.2, 0) is 16.1 Å². The quantitative estimate of drug-likeness (QED) is 0.319. The van der Waals surface area contributed by atoms with Crippen LogP contribution in [0.2, 0.25) is 0 Å². The van der Waals surface area contributed by atoms with Gasteiger partial charge in [0.05, 0.1) is 6.61 Å². The lowest BCUT2D eigenvalue weighted by atomic mass is 9.99. The molecule has 0 heterocycles. The van der Waals surface area contributed by atoms with Crippen LogP contribution in [0.5, 0.6) is 0 Å². The highest BCUT2D eigenvalue weighted by Gasteiger charge is 2.10. The Kier molecular flexibility index (Phi) is 8.12. The van der Waals surface area contributed by atoms with E-state index in [1.807, 2.05) is 12.1 Å². The summed E-state index contributed by atoms with van der Waals surface area (Å²) in [6, 6.07) is 16.9. The topological polar surface area (TPSA) is 29.5 Å². The molecule has 0 radical (unpaired) electrons. The van der Waals surface area contributed by atoms with Gasteiger partial charge in [-0.3, -0.25) is 0 Å². The smallest absolute Gasteiger partial charge is 0.330 e. The largest absolute Gasteiger partial charge is 0.463 e. The molecule has 0 bridgehead atoms. The van der Waals surface area contributed by atoms with Crippen molar-refractivity contribution in [1.82, 2.24) is 0 Å². The van der Waals surface area contributed by atoms with Gasteiger partial charge in [-0.1, -0.05) is 63.6 Å². The number of hydrogen-bond acceptors (Lipinski definition) is 3. The minimum atomic E-state index is -0.282. The van der Waals surface area contributed by atoms with Crippen LogP contribution in [0, 0.1) is 0 Å². The normalized spacial score (nSPS) is 11.1. The highest BCUT2D eigenvalue weighted by Crippen LogP contribution is 2.27. The Morgan fingerprint density at radius 2 is 1.89 bits per heavy atom. The first-order valence-electron chi connectivity index (χ1n) is 9.75. The van der Waals surface area contributed by atoms with Crippen LogP contribution in [0.15, 0.2) is 54.6 Å². The average molecular weight is 366 g/mol. The summed E-state index contributed by atoms with van der Waals surface area (Å²) in [7, 11) is 2.08. The molecule has 3 nitrogen and oxygen atoms in total. The molecule has 0 N–H and O–H groups in total. The number of unbranched alkanes of at least 4 members (excludes halogenated alkanes) is 1. The van der Waals surface area contributed by atoms with Gasteiger partial charge in [0.25, 0.3) is 0 Å². The molecule has 0 saturated carbocycles. The van der Waals surface area contributed by atoms with Gasteiger partial charge in [-0.2, -0.15) is 0 Å². The minimum Gasteiger partial charge on any atom is -0.463 e. The van der Waals surface area contributed by atoms with E-state index in [2.05, 4.69) is 75.2 Å². The number of nitrogens with zero attached hydrogens (tertiary/aromatic N) is 1. The van der Waals surface area contributed by atoms with Crippen LogP contribution in [0.1, 0.15) is 56.2 Å². The number of esters is 1. The lowest BCUT2D eigenvalue weighted by molar-refractivity contribution is -0.137. The standard InChI is InChI=1S/C24H31NO2/c1-5-6-16-27-24(26)15-13-22-17-21(19(2)3)12-14-23(22)25(4)18-20-10-8-7-9-11-20/h7-15,17,19H,5-6,16,18H2,1-4H3/b15-13+. The van der Waals surface area contributed by atoms with Crippen molar-refractivity contribution in [2.45, 2.75) is 46.1 Å². The lowest BCUT2D eigenvalue weighted by Crippen LogP contribution is -2.17. The second kappa shape index (κ2) is 10.6. The molecule has 3 heteroatoms. The minimum absolute atomic E-state index is 0.282. The number of rotatable bonds is 9. The maximum atomic E-state index is 12.0. The summed E-state index contributed by atoms with van der Waals surface area (Å²) in [4.78, 5) is 14.2. The molecule has 2 aromatic rings. The number of carbonyl (C=O) groups excluding carboxylic acids is 1. The molecule has 0 aliphatic rings. The van der Waals surface area contributed by atoms with E-state index in [-0.39, 0.29) is 5.97 Å². The maximum absolute atomic E-state index is 12.0. The van der Waals surface area contributed by atoms with Gasteiger partial charge in [0.15, 0.2) is 0 Å². The molecule has 0 saturated heterocycles. The van der Waals surface area contributed by atoms with Crippen LogP contribution in [0.4, 0.5) is 5.69 Å². The summed E-state index contributed by atoms with van der Waals surface area (Å²) in [6.45, 7) is 7.72. The molecule has 0 amide bonds. The number of anilines is 1. The van der Waals surface area contributed by atoms with Crippen molar-refractivity contribution in [3.8, 4) is 0 Å². The Bertz CT molecular complexity index is 750. The van der Waals surface area contributed by atoms with E-state index in [9.17, 15) is 4.79 Å². The Balaban J connectivity index is 2.21. The summed E-state index contributed by atoms with van der Waals surface area (Å²) >= 11 is 0. The van der Waals surface area contributed by atoms with E-state index >= 15 is 0 Å². The Labute approximate surface area is 163 Å². The zero-order valence-electron chi connectivity index (χ0n) is 16.9. The molecule has 0 spiro atoms. The molecule has 0 atom stereocenters. The van der Waals surface area contributed by atoms with Crippen LogP contribution >= 0.6 is 0 Å². The molecule has 144 valence electrons. The Hall–Kier alpha value is -2.55. The van der Waals surface area contributed by atoms with Gasteiger partial charge in [0.1, 0.15) is 0 Å². The van der Waals surface area contributed by atoms with E-state index in [1.165, 1.54) is 17.2 Å². The van der Waals surface area contributed by atoms with Crippen molar-refractivity contribution in [1.29, 1.82) is 0 Å². The van der Waals surface area contributed by atoms with Gasteiger partial charge in [-0.25, -0.2) is 4.79 Å². The fourth-order valence-electron chi connectivity index (χ4n) is 2.88. The molecule has 0 aliphatic carbocycles. The zero-order chi connectivity index (χ0) is 19.6. The van der Waals surface area contributed by atoms with E-state index in [4.69, 9.17) is 4.74 Å². The van der Waals surface area contributed by atoms with Crippen molar-refractivity contribution in [2.24, 2.45) is 0 Å². The second-order valence-corrected chi connectivity index (χ2v) is 7.17. The van der Waals surface area contributed by atoms with E-state index in [1.54, 1.807) is 0 Å².